The van der Waals surface area contributed by atoms with Gasteiger partial charge in [0.15, 0.2) is 0 Å². The summed E-state index contributed by atoms with van der Waals surface area (Å²) in [4.78, 5) is 11.2. The highest BCUT2D eigenvalue weighted by molar-refractivity contribution is 7.87. The predicted molar refractivity (Wildman–Crippen MR) is 96.2 cm³/mol. The van der Waals surface area contributed by atoms with Gasteiger partial charge in [-0.15, -0.1) is 0 Å². The number of aromatic nitrogens is 2. The van der Waals surface area contributed by atoms with Gasteiger partial charge < -0.3 is 4.90 Å². The fourth-order valence-electron chi connectivity index (χ4n) is 3.08. The second-order valence-corrected chi connectivity index (χ2v) is 8.66. The zero-order chi connectivity index (χ0) is 17.9. The zero-order valence-corrected chi connectivity index (χ0v) is 16.1. The van der Waals surface area contributed by atoms with Crippen LogP contribution in [-0.2, 0) is 10.2 Å². The fraction of sp³-hybridized carbons (Fsp3) is 0.750. The third-order valence-electron chi connectivity index (χ3n) is 4.72. The van der Waals surface area contributed by atoms with Crippen LogP contribution in [0.1, 0.15) is 56.3 Å². The molecule has 8 heteroatoms. The molecule has 0 bridgehead atoms. The van der Waals surface area contributed by atoms with E-state index in [0.29, 0.717) is 12.0 Å². The molecule has 2 rings (SSSR count). The highest BCUT2D eigenvalue weighted by Gasteiger charge is 2.23. The molecule has 136 valence electrons. The van der Waals surface area contributed by atoms with Crippen LogP contribution in [0.3, 0.4) is 0 Å². The summed E-state index contributed by atoms with van der Waals surface area (Å²) >= 11 is 0. The molecule has 1 aromatic heterocycles. The van der Waals surface area contributed by atoms with E-state index in [1.807, 2.05) is 14.0 Å². The van der Waals surface area contributed by atoms with E-state index in [9.17, 15) is 8.42 Å². The van der Waals surface area contributed by atoms with E-state index < -0.39 is 10.2 Å². The summed E-state index contributed by atoms with van der Waals surface area (Å²) in [5.41, 5.74) is 1.60. The minimum absolute atomic E-state index is 0.383. The van der Waals surface area contributed by atoms with Crippen LogP contribution in [0.15, 0.2) is 6.20 Å². The number of rotatable bonds is 6. The molecular formula is C16H29N5O2S. The topological polar surface area (TPSA) is 78.4 Å². The van der Waals surface area contributed by atoms with E-state index in [2.05, 4.69) is 19.6 Å². The van der Waals surface area contributed by atoms with Crippen molar-refractivity contribution >= 4 is 16.2 Å². The number of hydrogen-bond donors (Lipinski definition) is 1. The molecule has 1 atom stereocenters. The van der Waals surface area contributed by atoms with Gasteiger partial charge in [0.05, 0.1) is 0 Å². The number of nitrogens with one attached hydrogen (secondary N) is 1. The summed E-state index contributed by atoms with van der Waals surface area (Å²) in [6.45, 7) is 3.70. The molecule has 0 aliphatic heterocycles. The summed E-state index contributed by atoms with van der Waals surface area (Å²) < 4.78 is 27.7. The lowest BCUT2D eigenvalue weighted by Crippen LogP contribution is -2.37. The molecule has 1 saturated carbocycles. The molecular weight excluding hydrogens is 326 g/mol. The average Bonchev–Trinajstić information content (AvgIpc) is 2.54. The second-order valence-electron chi connectivity index (χ2n) is 6.74. The Hall–Kier alpha value is -1.25. The third-order valence-corrected chi connectivity index (χ3v) is 6.33. The maximum atomic E-state index is 12.0. The SMILES string of the molecule is Cc1nc(N(C)C2CCCCC2)ncc1C(C)NS(=O)(=O)N(C)C. The Bertz CT molecular complexity index is 656. The van der Waals surface area contributed by atoms with Crippen LogP contribution < -0.4 is 9.62 Å². The Balaban J connectivity index is 2.14. The lowest BCUT2D eigenvalue weighted by Gasteiger charge is -2.31. The molecule has 1 aliphatic carbocycles. The van der Waals surface area contributed by atoms with Crippen molar-refractivity contribution in [3.05, 3.63) is 17.5 Å². The molecule has 0 aromatic carbocycles. The van der Waals surface area contributed by atoms with Crippen molar-refractivity contribution in [2.45, 2.75) is 58.0 Å². The summed E-state index contributed by atoms with van der Waals surface area (Å²) in [6, 6.07) is 0.111. The van der Waals surface area contributed by atoms with Gasteiger partial charge in [-0.25, -0.2) is 9.97 Å². The zero-order valence-electron chi connectivity index (χ0n) is 15.3. The number of anilines is 1. The summed E-state index contributed by atoms with van der Waals surface area (Å²) in [6.07, 6.45) is 7.93. The highest BCUT2D eigenvalue weighted by atomic mass is 32.2. The van der Waals surface area contributed by atoms with Crippen LogP contribution in [0.25, 0.3) is 0 Å². The van der Waals surface area contributed by atoms with Crippen molar-refractivity contribution in [2.75, 3.05) is 26.0 Å². The summed E-state index contributed by atoms with van der Waals surface area (Å²) in [5, 5.41) is 0. The molecule has 0 saturated heterocycles. The van der Waals surface area contributed by atoms with Crippen LogP contribution in [-0.4, -0.2) is 49.9 Å². The van der Waals surface area contributed by atoms with Crippen LogP contribution >= 0.6 is 0 Å². The molecule has 1 unspecified atom stereocenters. The maximum Gasteiger partial charge on any atom is 0.279 e. The Morgan fingerprint density at radius 1 is 1.21 bits per heavy atom. The lowest BCUT2D eigenvalue weighted by atomic mass is 9.95. The molecule has 1 N–H and O–H groups in total. The smallest absolute Gasteiger partial charge is 0.279 e. The van der Waals surface area contributed by atoms with Gasteiger partial charge in [0.2, 0.25) is 5.95 Å². The molecule has 1 fully saturated rings. The minimum atomic E-state index is -3.49. The quantitative estimate of drug-likeness (QED) is 0.844. The van der Waals surface area contributed by atoms with E-state index in [4.69, 9.17) is 0 Å². The van der Waals surface area contributed by atoms with E-state index in [1.165, 1.54) is 46.2 Å². The standard InChI is InChI=1S/C16H29N5O2S/c1-12-15(13(2)19-24(22,23)20(3)4)11-17-16(18-12)21(5)14-9-7-6-8-10-14/h11,13-14,19H,6-10H2,1-5H3. The van der Waals surface area contributed by atoms with Crippen LogP contribution in [0.4, 0.5) is 5.95 Å². The fourth-order valence-corrected chi connectivity index (χ4v) is 3.87. The summed E-state index contributed by atoms with van der Waals surface area (Å²) in [5.74, 6) is 0.714. The van der Waals surface area contributed by atoms with E-state index in [-0.39, 0.29) is 6.04 Å². The molecule has 1 aromatic rings. The largest absolute Gasteiger partial charge is 0.341 e. The minimum Gasteiger partial charge on any atom is -0.341 e. The molecule has 0 amide bonds. The Labute approximate surface area is 145 Å². The van der Waals surface area contributed by atoms with Gasteiger partial charge in [-0.1, -0.05) is 19.3 Å². The lowest BCUT2D eigenvalue weighted by molar-refractivity contribution is 0.424. The first-order chi connectivity index (χ1) is 11.2. The van der Waals surface area contributed by atoms with E-state index in [0.717, 1.165) is 15.6 Å². The van der Waals surface area contributed by atoms with Gasteiger partial charge >= 0.3 is 0 Å². The van der Waals surface area contributed by atoms with Gasteiger partial charge in [-0.05, 0) is 26.7 Å². The van der Waals surface area contributed by atoms with Gasteiger partial charge in [0.1, 0.15) is 0 Å². The van der Waals surface area contributed by atoms with Crippen molar-refractivity contribution in [1.82, 2.24) is 19.0 Å². The van der Waals surface area contributed by atoms with Gasteiger partial charge in [0, 0.05) is 50.7 Å². The Morgan fingerprint density at radius 3 is 2.38 bits per heavy atom. The molecule has 7 nitrogen and oxygen atoms in total. The van der Waals surface area contributed by atoms with Gasteiger partial charge in [0.25, 0.3) is 10.2 Å². The summed E-state index contributed by atoms with van der Waals surface area (Å²) in [7, 11) is 1.56. The third kappa shape index (κ3) is 4.43. The van der Waals surface area contributed by atoms with Crippen molar-refractivity contribution in [3.8, 4) is 0 Å². The monoisotopic (exact) mass is 355 g/mol. The average molecular weight is 356 g/mol. The van der Waals surface area contributed by atoms with E-state index >= 15 is 0 Å². The van der Waals surface area contributed by atoms with Crippen molar-refractivity contribution < 1.29 is 8.42 Å². The second kappa shape index (κ2) is 7.76. The number of nitrogens with zero attached hydrogens (tertiary/aromatic N) is 4. The van der Waals surface area contributed by atoms with Crippen LogP contribution in [0.5, 0.6) is 0 Å². The molecule has 1 heterocycles. The highest BCUT2D eigenvalue weighted by Crippen LogP contribution is 2.25. The van der Waals surface area contributed by atoms with Crippen molar-refractivity contribution in [1.29, 1.82) is 0 Å². The molecule has 0 spiro atoms. The first-order valence-corrected chi connectivity index (χ1v) is 9.92. The maximum absolute atomic E-state index is 12.0. The number of aryl methyl sites for hydroxylation is 1. The van der Waals surface area contributed by atoms with Crippen LogP contribution in [0, 0.1) is 6.92 Å². The van der Waals surface area contributed by atoms with Crippen molar-refractivity contribution in [2.24, 2.45) is 0 Å². The van der Waals surface area contributed by atoms with Gasteiger partial charge in [-0.3, -0.25) is 0 Å². The Morgan fingerprint density at radius 2 is 1.83 bits per heavy atom. The molecule has 0 radical (unpaired) electrons. The Kier molecular flexibility index (Phi) is 6.17. The van der Waals surface area contributed by atoms with Crippen molar-refractivity contribution in [3.63, 3.8) is 0 Å². The molecule has 1 aliphatic rings. The molecule has 24 heavy (non-hydrogen) atoms. The number of hydrogen-bond acceptors (Lipinski definition) is 5. The normalized spacial score (nSPS) is 17.9. The first kappa shape index (κ1) is 19.1. The van der Waals surface area contributed by atoms with Gasteiger partial charge in [-0.2, -0.15) is 17.4 Å². The predicted octanol–water partition coefficient (Wildman–Crippen LogP) is 2.01. The van der Waals surface area contributed by atoms with Crippen LogP contribution in [0.2, 0.25) is 0 Å². The van der Waals surface area contributed by atoms with E-state index in [1.54, 1.807) is 13.1 Å². The first-order valence-electron chi connectivity index (χ1n) is 8.48.